The van der Waals surface area contributed by atoms with Gasteiger partial charge in [-0.25, -0.2) is 0 Å². The molecule has 0 spiro atoms. The van der Waals surface area contributed by atoms with Gasteiger partial charge in [-0.1, -0.05) is 42.1 Å². The lowest BCUT2D eigenvalue weighted by molar-refractivity contribution is -0.118. The first kappa shape index (κ1) is 18.0. The van der Waals surface area contributed by atoms with Crippen LogP contribution < -0.4 is 10.1 Å². The number of thioether (sulfide) groups is 1. The van der Waals surface area contributed by atoms with Crippen LogP contribution in [0.15, 0.2) is 59.8 Å². The lowest BCUT2D eigenvalue weighted by Gasteiger charge is -2.09. The third-order valence-corrected chi connectivity index (χ3v) is 4.72. The average molecular weight is 368 g/mol. The normalized spacial score (nSPS) is 10.5. The van der Waals surface area contributed by atoms with Gasteiger partial charge in [0.15, 0.2) is 5.16 Å². The Balaban J connectivity index is 1.62. The van der Waals surface area contributed by atoms with E-state index >= 15 is 0 Å². The Kier molecular flexibility index (Phi) is 5.91. The Bertz CT molecular complexity index is 863. The highest BCUT2D eigenvalue weighted by Crippen LogP contribution is 2.23. The van der Waals surface area contributed by atoms with Crippen molar-refractivity contribution in [3.8, 4) is 11.4 Å². The molecule has 134 valence electrons. The Morgan fingerprint density at radius 2 is 1.85 bits per heavy atom. The van der Waals surface area contributed by atoms with Gasteiger partial charge in [0.2, 0.25) is 5.91 Å². The van der Waals surface area contributed by atoms with Gasteiger partial charge in [0.25, 0.3) is 0 Å². The summed E-state index contributed by atoms with van der Waals surface area (Å²) in [4.78, 5) is 12.1. The second kappa shape index (κ2) is 8.53. The highest BCUT2D eigenvalue weighted by Gasteiger charge is 2.13. The van der Waals surface area contributed by atoms with Crippen LogP contribution >= 0.6 is 11.8 Å². The quantitative estimate of drug-likeness (QED) is 0.649. The van der Waals surface area contributed by atoms with Crippen molar-refractivity contribution in [3.63, 3.8) is 0 Å². The minimum absolute atomic E-state index is 0.0409. The van der Waals surface area contributed by atoms with E-state index in [1.54, 1.807) is 7.11 Å². The molecule has 2 aromatic carbocycles. The first-order valence-electron chi connectivity index (χ1n) is 8.17. The molecule has 7 heteroatoms. The van der Waals surface area contributed by atoms with Gasteiger partial charge >= 0.3 is 0 Å². The van der Waals surface area contributed by atoms with E-state index in [0.29, 0.717) is 11.7 Å². The third kappa shape index (κ3) is 4.43. The number of carbonyl (C=O) groups is 1. The van der Waals surface area contributed by atoms with E-state index in [0.717, 1.165) is 22.8 Å². The number of aryl methyl sites for hydroxylation is 1. The van der Waals surface area contributed by atoms with Crippen LogP contribution in [-0.2, 0) is 11.3 Å². The number of hydrogen-bond donors (Lipinski definition) is 1. The summed E-state index contributed by atoms with van der Waals surface area (Å²) < 4.78 is 7.12. The fourth-order valence-corrected chi connectivity index (χ4v) is 3.27. The molecule has 0 aliphatic rings. The summed E-state index contributed by atoms with van der Waals surface area (Å²) in [6, 6.07) is 17.5. The lowest BCUT2D eigenvalue weighted by Crippen LogP contribution is -2.24. The van der Waals surface area contributed by atoms with Gasteiger partial charge in [-0.05, 0) is 36.8 Å². The molecular formula is C19H20N4O2S. The zero-order valence-electron chi connectivity index (χ0n) is 14.7. The predicted octanol–water partition coefficient (Wildman–Crippen LogP) is 2.99. The molecule has 3 aromatic rings. The maximum atomic E-state index is 12.1. The number of aromatic nitrogens is 3. The van der Waals surface area contributed by atoms with Crippen LogP contribution in [0.1, 0.15) is 11.4 Å². The van der Waals surface area contributed by atoms with Gasteiger partial charge in [0.1, 0.15) is 11.6 Å². The SMILES string of the molecule is COc1ccc(-n2c(C)nnc2SCC(=O)NCc2ccccc2)cc1. The van der Waals surface area contributed by atoms with Crippen LogP contribution in [-0.4, -0.2) is 33.5 Å². The van der Waals surface area contributed by atoms with E-state index < -0.39 is 0 Å². The summed E-state index contributed by atoms with van der Waals surface area (Å²) in [7, 11) is 1.63. The van der Waals surface area contributed by atoms with Gasteiger partial charge in [0, 0.05) is 12.2 Å². The molecule has 6 nitrogen and oxygen atoms in total. The van der Waals surface area contributed by atoms with Crippen molar-refractivity contribution < 1.29 is 9.53 Å². The number of hydrogen-bond acceptors (Lipinski definition) is 5. The second-order valence-electron chi connectivity index (χ2n) is 5.61. The number of nitrogens with one attached hydrogen (secondary N) is 1. The zero-order valence-corrected chi connectivity index (χ0v) is 15.5. The monoisotopic (exact) mass is 368 g/mol. The molecule has 0 saturated carbocycles. The van der Waals surface area contributed by atoms with Gasteiger partial charge in [-0.2, -0.15) is 0 Å². The van der Waals surface area contributed by atoms with E-state index in [1.807, 2.05) is 66.1 Å². The van der Waals surface area contributed by atoms with Crippen molar-refractivity contribution in [2.24, 2.45) is 0 Å². The van der Waals surface area contributed by atoms with E-state index in [2.05, 4.69) is 15.5 Å². The Hall–Kier alpha value is -2.80. The molecular weight excluding hydrogens is 348 g/mol. The van der Waals surface area contributed by atoms with Crippen molar-refractivity contribution in [1.82, 2.24) is 20.1 Å². The molecule has 3 rings (SSSR count). The van der Waals surface area contributed by atoms with Crippen LogP contribution in [0.3, 0.4) is 0 Å². The number of nitrogens with zero attached hydrogens (tertiary/aromatic N) is 3. The molecule has 0 aliphatic heterocycles. The molecule has 1 heterocycles. The summed E-state index contributed by atoms with van der Waals surface area (Å²) in [6.45, 7) is 2.40. The first-order chi connectivity index (χ1) is 12.7. The fraction of sp³-hybridized carbons (Fsp3) is 0.211. The van der Waals surface area contributed by atoms with Crippen molar-refractivity contribution in [2.75, 3.05) is 12.9 Å². The smallest absolute Gasteiger partial charge is 0.230 e. The minimum atomic E-state index is -0.0409. The summed E-state index contributed by atoms with van der Waals surface area (Å²) in [5.74, 6) is 1.79. The maximum Gasteiger partial charge on any atom is 0.230 e. The molecule has 1 amide bonds. The van der Waals surface area contributed by atoms with Gasteiger partial charge in [0.05, 0.1) is 12.9 Å². The van der Waals surface area contributed by atoms with Gasteiger partial charge < -0.3 is 10.1 Å². The van der Waals surface area contributed by atoms with Crippen LogP contribution in [0.5, 0.6) is 5.75 Å². The molecule has 0 radical (unpaired) electrons. The minimum Gasteiger partial charge on any atom is -0.497 e. The number of rotatable bonds is 7. The summed E-state index contributed by atoms with van der Waals surface area (Å²) in [5, 5.41) is 11.9. The van der Waals surface area contributed by atoms with E-state index in [9.17, 15) is 4.79 Å². The van der Waals surface area contributed by atoms with Crippen molar-refractivity contribution in [1.29, 1.82) is 0 Å². The van der Waals surface area contributed by atoms with Crippen molar-refractivity contribution >= 4 is 17.7 Å². The molecule has 0 unspecified atom stereocenters. The summed E-state index contributed by atoms with van der Waals surface area (Å²) in [5.41, 5.74) is 2.00. The van der Waals surface area contributed by atoms with Crippen molar-refractivity contribution in [3.05, 3.63) is 66.0 Å². The number of methoxy groups -OCH3 is 1. The summed E-state index contributed by atoms with van der Waals surface area (Å²) >= 11 is 1.36. The van der Waals surface area contributed by atoms with E-state index in [1.165, 1.54) is 11.8 Å². The summed E-state index contributed by atoms with van der Waals surface area (Å²) in [6.07, 6.45) is 0. The molecule has 0 bridgehead atoms. The molecule has 1 aromatic heterocycles. The first-order valence-corrected chi connectivity index (χ1v) is 9.16. The van der Waals surface area contributed by atoms with E-state index in [4.69, 9.17) is 4.74 Å². The Morgan fingerprint density at radius 3 is 2.54 bits per heavy atom. The number of amides is 1. The third-order valence-electron chi connectivity index (χ3n) is 3.79. The van der Waals surface area contributed by atoms with Crippen LogP contribution in [0, 0.1) is 6.92 Å². The standard InChI is InChI=1S/C19H20N4O2S/c1-14-21-22-19(23(14)16-8-10-17(25-2)11-9-16)26-13-18(24)20-12-15-6-4-3-5-7-15/h3-11H,12-13H2,1-2H3,(H,20,24). The number of carbonyl (C=O) groups excluding carboxylic acids is 1. The molecule has 0 aliphatic carbocycles. The van der Waals surface area contributed by atoms with Crippen LogP contribution in [0.4, 0.5) is 0 Å². The number of ether oxygens (including phenoxy) is 1. The van der Waals surface area contributed by atoms with Gasteiger partial charge in [-0.15, -0.1) is 10.2 Å². The predicted molar refractivity (Wildman–Crippen MR) is 102 cm³/mol. The zero-order chi connectivity index (χ0) is 18.4. The largest absolute Gasteiger partial charge is 0.497 e. The number of benzene rings is 2. The lowest BCUT2D eigenvalue weighted by atomic mass is 10.2. The van der Waals surface area contributed by atoms with Gasteiger partial charge in [-0.3, -0.25) is 9.36 Å². The highest BCUT2D eigenvalue weighted by atomic mass is 32.2. The molecule has 0 atom stereocenters. The van der Waals surface area contributed by atoms with Crippen LogP contribution in [0.25, 0.3) is 5.69 Å². The molecule has 0 saturated heterocycles. The average Bonchev–Trinajstić information content (AvgIpc) is 3.06. The van der Waals surface area contributed by atoms with Crippen LogP contribution in [0.2, 0.25) is 0 Å². The topological polar surface area (TPSA) is 69.0 Å². The van der Waals surface area contributed by atoms with E-state index in [-0.39, 0.29) is 11.7 Å². The highest BCUT2D eigenvalue weighted by molar-refractivity contribution is 7.99. The molecule has 0 fully saturated rings. The fourth-order valence-electron chi connectivity index (χ4n) is 2.44. The molecule has 1 N–H and O–H groups in total. The molecule has 26 heavy (non-hydrogen) atoms. The van der Waals surface area contributed by atoms with Crippen molar-refractivity contribution in [2.45, 2.75) is 18.6 Å². The Labute approximate surface area is 156 Å². The second-order valence-corrected chi connectivity index (χ2v) is 6.56. The maximum absolute atomic E-state index is 12.1. The Morgan fingerprint density at radius 1 is 1.12 bits per heavy atom.